The number of ether oxygens (including phenoxy) is 1. The third kappa shape index (κ3) is 4.52. The molecule has 0 unspecified atom stereocenters. The molecule has 0 N–H and O–H groups in total. The third-order valence-corrected chi connectivity index (χ3v) is 0.823. The summed E-state index contributed by atoms with van der Waals surface area (Å²) in [5, 5.41) is 0.792. The van der Waals surface area contributed by atoms with Crippen LogP contribution in [0.3, 0.4) is 0 Å². The first-order valence-electron chi connectivity index (χ1n) is 2.10. The van der Waals surface area contributed by atoms with Gasteiger partial charge in [-0.05, 0) is 0 Å². The molecule has 0 atom stereocenters. The van der Waals surface area contributed by atoms with Crippen LogP contribution in [0.25, 0.3) is 0 Å². The molecular weight excluding hydrogens is 139 g/mol. The van der Waals surface area contributed by atoms with Crippen molar-refractivity contribution in [2.45, 2.75) is 13.3 Å². The first kappa shape index (κ1) is 6.52. The van der Waals surface area contributed by atoms with Crippen LogP contribution in [0.2, 0.25) is 0 Å². The molecule has 6 heavy (non-hydrogen) atoms. The van der Waals surface area contributed by atoms with Crippen molar-refractivity contribution in [2.75, 3.05) is 12.0 Å². The second kappa shape index (κ2) is 5.52. The molecule has 0 spiro atoms. The maximum atomic E-state index is 4.95. The van der Waals surface area contributed by atoms with E-state index in [1.165, 1.54) is 0 Å². The van der Waals surface area contributed by atoms with Crippen molar-refractivity contribution in [1.82, 2.24) is 0 Å². The Morgan fingerprint density at radius 2 is 2.33 bits per heavy atom. The Hall–Kier alpha value is 0.518. The summed E-state index contributed by atoms with van der Waals surface area (Å²) in [6.45, 7) is 3.00. The van der Waals surface area contributed by atoms with Crippen molar-refractivity contribution in [3.05, 3.63) is 0 Å². The Morgan fingerprint density at radius 1 is 1.67 bits per heavy atom. The average molecular weight is 148 g/mol. The van der Waals surface area contributed by atoms with Gasteiger partial charge < -0.3 is 0 Å². The number of rotatable bonds is 3. The predicted molar refractivity (Wildman–Crippen MR) is 26.9 cm³/mol. The maximum absolute atomic E-state index is 4.95. The van der Waals surface area contributed by atoms with Gasteiger partial charge in [-0.25, -0.2) is 0 Å². The summed E-state index contributed by atoms with van der Waals surface area (Å²) in [5.41, 5.74) is 0. The molecule has 0 aliphatic heterocycles. The standard InChI is InChI=1S/C4H9AsO/c1-2-3-6-4-5/h2-4H2,1H3. The van der Waals surface area contributed by atoms with E-state index in [9.17, 15) is 0 Å². The van der Waals surface area contributed by atoms with Crippen molar-refractivity contribution in [1.29, 1.82) is 0 Å². The number of hydrogen-bond acceptors (Lipinski definition) is 1. The zero-order chi connectivity index (χ0) is 4.83. The molecule has 0 bridgehead atoms. The van der Waals surface area contributed by atoms with Crippen LogP contribution in [-0.2, 0) is 4.74 Å². The summed E-state index contributed by atoms with van der Waals surface area (Å²) in [6.07, 6.45) is 1.12. The Labute approximate surface area is 47.6 Å². The number of hydrogen-bond donors (Lipinski definition) is 0. The van der Waals surface area contributed by atoms with Crippen LogP contribution >= 0.6 is 0 Å². The van der Waals surface area contributed by atoms with E-state index < -0.39 is 0 Å². The average Bonchev–Trinajstić information content (AvgIpc) is 1.61. The topological polar surface area (TPSA) is 9.23 Å². The molecule has 0 saturated heterocycles. The normalized spacial score (nSPS) is 9.00. The van der Waals surface area contributed by atoms with E-state index in [1.54, 1.807) is 0 Å². The van der Waals surface area contributed by atoms with Crippen LogP contribution in [0.4, 0.5) is 0 Å². The van der Waals surface area contributed by atoms with Crippen LogP contribution in [0.15, 0.2) is 0 Å². The van der Waals surface area contributed by atoms with Gasteiger partial charge in [-0.2, -0.15) is 0 Å². The minimum atomic E-state index is 0.792. The molecule has 36 valence electrons. The van der Waals surface area contributed by atoms with Crippen LogP contribution in [0.1, 0.15) is 13.3 Å². The van der Waals surface area contributed by atoms with Crippen molar-refractivity contribution >= 4 is 16.9 Å². The molecule has 0 saturated carbocycles. The zero-order valence-electron chi connectivity index (χ0n) is 3.98. The zero-order valence-corrected chi connectivity index (χ0v) is 5.85. The summed E-state index contributed by atoms with van der Waals surface area (Å²) in [7, 11) is 0. The Morgan fingerprint density at radius 3 is 2.50 bits per heavy atom. The Kier molecular flexibility index (Phi) is 6.00. The van der Waals surface area contributed by atoms with Gasteiger partial charge in [0.1, 0.15) is 0 Å². The molecule has 0 aliphatic rings. The van der Waals surface area contributed by atoms with Crippen LogP contribution in [0, 0.1) is 0 Å². The molecular formula is C4H9AsO. The van der Waals surface area contributed by atoms with Crippen molar-refractivity contribution < 1.29 is 4.74 Å². The summed E-state index contributed by atoms with van der Waals surface area (Å²) >= 11 is 2.38. The molecule has 0 fully saturated rings. The summed E-state index contributed by atoms with van der Waals surface area (Å²) < 4.78 is 4.95. The van der Waals surface area contributed by atoms with Gasteiger partial charge in [0, 0.05) is 0 Å². The Balaban J connectivity index is 2.34. The van der Waals surface area contributed by atoms with Gasteiger partial charge in [0.2, 0.25) is 0 Å². The molecule has 2 radical (unpaired) electrons. The van der Waals surface area contributed by atoms with Crippen LogP contribution in [-0.4, -0.2) is 28.9 Å². The van der Waals surface area contributed by atoms with E-state index in [-0.39, 0.29) is 0 Å². The van der Waals surface area contributed by atoms with Crippen molar-refractivity contribution in [3.8, 4) is 0 Å². The van der Waals surface area contributed by atoms with E-state index in [1.807, 2.05) is 0 Å². The molecule has 0 rings (SSSR count). The predicted octanol–water partition coefficient (Wildman–Crippen LogP) is 0.539. The van der Waals surface area contributed by atoms with Gasteiger partial charge in [-0.1, -0.05) is 0 Å². The van der Waals surface area contributed by atoms with Crippen LogP contribution in [0.5, 0.6) is 0 Å². The van der Waals surface area contributed by atoms with Crippen LogP contribution < -0.4 is 0 Å². The van der Waals surface area contributed by atoms with E-state index in [0.29, 0.717) is 0 Å². The summed E-state index contributed by atoms with van der Waals surface area (Å²) in [5.74, 6) is 0. The van der Waals surface area contributed by atoms with Gasteiger partial charge in [0.05, 0.1) is 0 Å². The summed E-state index contributed by atoms with van der Waals surface area (Å²) in [6, 6.07) is 0. The molecule has 0 aromatic heterocycles. The van der Waals surface area contributed by atoms with E-state index in [0.717, 1.165) is 18.4 Å². The van der Waals surface area contributed by atoms with Gasteiger partial charge >= 0.3 is 46.9 Å². The summed E-state index contributed by atoms with van der Waals surface area (Å²) in [4.78, 5) is 0. The third-order valence-electron chi connectivity index (χ3n) is 0.440. The van der Waals surface area contributed by atoms with E-state index in [2.05, 4.69) is 23.8 Å². The molecule has 1 nitrogen and oxygen atoms in total. The fraction of sp³-hybridized carbons (Fsp3) is 1.00. The molecule has 2 heteroatoms. The molecule has 0 aliphatic carbocycles. The second-order valence-electron chi connectivity index (χ2n) is 1.04. The van der Waals surface area contributed by atoms with Gasteiger partial charge in [-0.15, -0.1) is 0 Å². The SMILES string of the molecule is CCCOC[As]. The quantitative estimate of drug-likeness (QED) is 0.419. The van der Waals surface area contributed by atoms with E-state index >= 15 is 0 Å². The fourth-order valence-electron chi connectivity index (χ4n) is 0.209. The Bertz CT molecular complexity index is 19.5. The van der Waals surface area contributed by atoms with Gasteiger partial charge in [-0.3, -0.25) is 0 Å². The first-order valence-corrected chi connectivity index (χ1v) is 3.43. The first-order chi connectivity index (χ1) is 2.91. The monoisotopic (exact) mass is 148 g/mol. The fourth-order valence-corrected chi connectivity index (χ4v) is 0.480. The molecule has 0 amide bonds. The molecule has 0 aromatic carbocycles. The molecule has 0 aromatic rings. The second-order valence-corrected chi connectivity index (χ2v) is 1.58. The minimum absolute atomic E-state index is 0.792. The van der Waals surface area contributed by atoms with Crippen molar-refractivity contribution in [3.63, 3.8) is 0 Å². The van der Waals surface area contributed by atoms with Gasteiger partial charge in [0.25, 0.3) is 0 Å². The molecule has 0 heterocycles. The van der Waals surface area contributed by atoms with Gasteiger partial charge in [0.15, 0.2) is 0 Å². The van der Waals surface area contributed by atoms with Crippen molar-refractivity contribution in [2.24, 2.45) is 0 Å². The van der Waals surface area contributed by atoms with E-state index in [4.69, 9.17) is 4.74 Å².